The maximum absolute atomic E-state index is 2.52. The molecule has 1 nitrogen and oxygen atoms in total. The van der Waals surface area contributed by atoms with Crippen LogP contribution in [0.3, 0.4) is 0 Å². The Labute approximate surface area is 335 Å². The van der Waals surface area contributed by atoms with Gasteiger partial charge in [0.25, 0.3) is 0 Å². The number of rotatable bonds is 6. The molecule has 2 bridgehead atoms. The van der Waals surface area contributed by atoms with E-state index in [0.29, 0.717) is 5.41 Å². The van der Waals surface area contributed by atoms with Crippen LogP contribution in [0.2, 0.25) is 0 Å². The van der Waals surface area contributed by atoms with Crippen molar-refractivity contribution in [3.8, 4) is 33.4 Å². The van der Waals surface area contributed by atoms with Gasteiger partial charge in [0.1, 0.15) is 0 Å². The zero-order valence-corrected chi connectivity index (χ0v) is 34.5. The summed E-state index contributed by atoms with van der Waals surface area (Å²) >= 11 is 0. The minimum atomic E-state index is -0.0779. The average molecular weight is 732 g/mol. The second-order valence-electron chi connectivity index (χ2n) is 19.3. The van der Waals surface area contributed by atoms with Crippen molar-refractivity contribution in [2.75, 3.05) is 4.90 Å². The van der Waals surface area contributed by atoms with Gasteiger partial charge in [-0.25, -0.2) is 0 Å². The van der Waals surface area contributed by atoms with Crippen LogP contribution in [-0.4, -0.2) is 0 Å². The van der Waals surface area contributed by atoms with E-state index in [2.05, 4.69) is 181 Å². The molecule has 0 aliphatic heterocycles. The van der Waals surface area contributed by atoms with Gasteiger partial charge in [0.2, 0.25) is 0 Å². The maximum Gasteiger partial charge on any atom is 0.0491 e. The molecule has 2 saturated carbocycles. The molecule has 0 heterocycles. The first-order valence-electron chi connectivity index (χ1n) is 21.5. The molecule has 0 amide bonds. The summed E-state index contributed by atoms with van der Waals surface area (Å²) in [6.07, 6.45) is 8.28. The molecule has 6 aromatic carbocycles. The fourth-order valence-corrected chi connectivity index (χ4v) is 12.3. The topological polar surface area (TPSA) is 3.24 Å². The fraction of sp³-hybridized carbons (Fsp3) is 0.345. The second-order valence-corrected chi connectivity index (χ2v) is 19.3. The molecule has 1 heteroatoms. The first-order valence-corrected chi connectivity index (χ1v) is 21.5. The van der Waals surface area contributed by atoms with E-state index in [4.69, 9.17) is 0 Å². The van der Waals surface area contributed by atoms with Gasteiger partial charge in [-0.15, -0.1) is 0 Å². The molecular formula is C55H57N. The zero-order chi connectivity index (χ0) is 38.6. The zero-order valence-electron chi connectivity index (χ0n) is 34.5. The normalized spacial score (nSPS) is 23.5. The minimum absolute atomic E-state index is 0.0779. The summed E-state index contributed by atoms with van der Waals surface area (Å²) < 4.78 is 0. The van der Waals surface area contributed by atoms with Crippen LogP contribution in [0.4, 0.5) is 17.1 Å². The van der Waals surface area contributed by atoms with Crippen molar-refractivity contribution >= 4 is 17.1 Å². The van der Waals surface area contributed by atoms with Crippen LogP contribution in [-0.2, 0) is 16.2 Å². The Kier molecular flexibility index (Phi) is 8.13. The minimum Gasteiger partial charge on any atom is -0.310 e. The van der Waals surface area contributed by atoms with Crippen LogP contribution >= 0.6 is 0 Å². The largest absolute Gasteiger partial charge is 0.310 e. The van der Waals surface area contributed by atoms with Gasteiger partial charge in [-0.05, 0) is 165 Å². The summed E-state index contributed by atoms with van der Waals surface area (Å²) in [4.78, 5) is 2.52. The molecule has 56 heavy (non-hydrogen) atoms. The molecule has 4 aliphatic rings. The van der Waals surface area contributed by atoms with Gasteiger partial charge in [0.05, 0.1) is 0 Å². The van der Waals surface area contributed by atoms with Gasteiger partial charge in [0, 0.05) is 27.9 Å². The highest BCUT2D eigenvalue weighted by atomic mass is 15.1. The van der Waals surface area contributed by atoms with Crippen LogP contribution < -0.4 is 4.90 Å². The highest BCUT2D eigenvalue weighted by molar-refractivity contribution is 5.89. The van der Waals surface area contributed by atoms with Crippen LogP contribution in [0.1, 0.15) is 113 Å². The van der Waals surface area contributed by atoms with Gasteiger partial charge in [-0.2, -0.15) is 0 Å². The number of hydrogen-bond acceptors (Lipinski definition) is 1. The summed E-state index contributed by atoms with van der Waals surface area (Å²) in [7, 11) is 0. The summed E-state index contributed by atoms with van der Waals surface area (Å²) in [5.41, 5.74) is 20.3. The Morgan fingerprint density at radius 2 is 1.11 bits per heavy atom. The first-order chi connectivity index (χ1) is 27.0. The second kappa shape index (κ2) is 12.8. The van der Waals surface area contributed by atoms with Crippen LogP contribution in [0.15, 0.2) is 127 Å². The molecule has 4 aliphatic carbocycles. The van der Waals surface area contributed by atoms with E-state index in [0.717, 1.165) is 17.8 Å². The van der Waals surface area contributed by atoms with Crippen molar-refractivity contribution in [1.82, 2.24) is 0 Å². The number of fused-ring (bicyclic) bond motifs is 8. The highest BCUT2D eigenvalue weighted by Crippen LogP contribution is 2.56. The smallest absolute Gasteiger partial charge is 0.0491 e. The van der Waals surface area contributed by atoms with E-state index in [9.17, 15) is 0 Å². The van der Waals surface area contributed by atoms with Crippen LogP contribution in [0.25, 0.3) is 33.4 Å². The lowest BCUT2D eigenvalue weighted by Gasteiger charge is -2.51. The molecule has 4 unspecified atom stereocenters. The van der Waals surface area contributed by atoms with Gasteiger partial charge >= 0.3 is 0 Å². The lowest BCUT2D eigenvalue weighted by atomic mass is 9.54. The van der Waals surface area contributed by atoms with Crippen molar-refractivity contribution in [1.29, 1.82) is 0 Å². The van der Waals surface area contributed by atoms with Crippen molar-refractivity contribution < 1.29 is 0 Å². The van der Waals surface area contributed by atoms with E-state index in [1.807, 2.05) is 0 Å². The average Bonchev–Trinajstić information content (AvgIpc) is 3.57. The van der Waals surface area contributed by atoms with Crippen molar-refractivity contribution in [3.05, 3.63) is 161 Å². The number of benzene rings is 6. The number of aryl methyl sites for hydroxylation is 1. The maximum atomic E-state index is 2.52. The molecule has 10 rings (SSSR count). The van der Waals surface area contributed by atoms with E-state index in [1.54, 1.807) is 5.56 Å². The molecule has 0 aromatic heterocycles. The molecular weight excluding hydrogens is 675 g/mol. The number of anilines is 3. The van der Waals surface area contributed by atoms with Gasteiger partial charge in [0.15, 0.2) is 0 Å². The fourth-order valence-electron chi connectivity index (χ4n) is 12.3. The van der Waals surface area contributed by atoms with Crippen LogP contribution in [0, 0.1) is 24.7 Å². The molecule has 282 valence electrons. The van der Waals surface area contributed by atoms with E-state index in [1.165, 1.54) is 117 Å². The third-order valence-electron chi connectivity index (χ3n) is 15.0. The predicted molar refractivity (Wildman–Crippen MR) is 238 cm³/mol. The Morgan fingerprint density at radius 3 is 1.68 bits per heavy atom. The molecule has 0 N–H and O–H groups in total. The SMILES string of the molecule is CCC1CC2CC(C)CC(c3ccc(-c4ccc(N(c5ccc6c(c5)C(C)(C)c5ccccc5-6)c5ccc6c(c5)C(C)(C)c5ccccc5-6)c(C)c4)cc3)(C1)C2. The van der Waals surface area contributed by atoms with Crippen LogP contribution in [0.5, 0.6) is 0 Å². The lowest BCUT2D eigenvalue weighted by Crippen LogP contribution is -2.42. The monoisotopic (exact) mass is 731 g/mol. The molecule has 4 atom stereocenters. The summed E-state index contributed by atoms with van der Waals surface area (Å²) in [6.45, 7) is 16.7. The Morgan fingerprint density at radius 1 is 0.554 bits per heavy atom. The standard InChI is InChI=1S/C55H57N/c1-8-37-29-38-27-35(2)32-55(33-37,34-38)41-20-17-39(18-21-41)40-19-26-52(36(3)28-40)56(42-22-24-46-44-13-9-11-15-48(44)53(4,5)50(46)30-42)43-23-25-47-45-14-10-12-16-49(45)54(6,7)51(47)31-43/h9-26,28,30-31,35,37-38H,8,27,29,32-34H2,1-7H3. The molecule has 0 radical (unpaired) electrons. The summed E-state index contributed by atoms with van der Waals surface area (Å²) in [6, 6.07) is 49.3. The predicted octanol–water partition coefficient (Wildman–Crippen LogP) is 15.2. The van der Waals surface area contributed by atoms with Gasteiger partial charge < -0.3 is 4.90 Å². The Bertz CT molecular complexity index is 2390. The highest BCUT2D eigenvalue weighted by Gasteiger charge is 2.46. The van der Waals surface area contributed by atoms with E-state index in [-0.39, 0.29) is 10.8 Å². The van der Waals surface area contributed by atoms with Crippen molar-refractivity contribution in [2.45, 2.75) is 103 Å². The quantitative estimate of drug-likeness (QED) is 0.165. The summed E-state index contributed by atoms with van der Waals surface area (Å²) in [5.74, 6) is 2.59. The number of nitrogens with zero attached hydrogens (tertiary/aromatic N) is 1. The van der Waals surface area contributed by atoms with E-state index >= 15 is 0 Å². The van der Waals surface area contributed by atoms with Gasteiger partial charge in [-0.3, -0.25) is 0 Å². The summed E-state index contributed by atoms with van der Waals surface area (Å²) in [5, 5.41) is 0. The Hall–Kier alpha value is -4.88. The molecule has 2 fully saturated rings. The Balaban J connectivity index is 1.05. The van der Waals surface area contributed by atoms with Crippen molar-refractivity contribution in [2.24, 2.45) is 17.8 Å². The van der Waals surface area contributed by atoms with Crippen molar-refractivity contribution in [3.63, 3.8) is 0 Å². The first kappa shape index (κ1) is 35.5. The van der Waals surface area contributed by atoms with E-state index < -0.39 is 0 Å². The molecule has 0 spiro atoms. The molecule has 6 aromatic rings. The third-order valence-corrected chi connectivity index (χ3v) is 15.0. The third kappa shape index (κ3) is 5.40. The molecule has 0 saturated heterocycles. The lowest BCUT2D eigenvalue weighted by molar-refractivity contribution is 0.0702. The van der Waals surface area contributed by atoms with Gasteiger partial charge in [-0.1, -0.05) is 139 Å². The number of hydrogen-bond donors (Lipinski definition) is 0.